The third kappa shape index (κ3) is 3.91. The smallest absolute Gasteiger partial charge is 0.234 e. The van der Waals surface area contributed by atoms with Crippen LogP contribution in [-0.2, 0) is 18.3 Å². The standard InChI is InChI=1S/C22H23N5O2.ClH/c1-27-22(25-21(26-27)15-8-10-23-11-9-15)24-20(28)13-16-12-18-17-5-3-2-4-14(17)6-7-19(18)29-16;/h2-7,12,15,23H,8-11,13H2,1H3,(H,24,25,26,28);1H. The van der Waals surface area contributed by atoms with Gasteiger partial charge in [0.25, 0.3) is 0 Å². The van der Waals surface area contributed by atoms with Crippen LogP contribution in [0.2, 0.25) is 0 Å². The maximum Gasteiger partial charge on any atom is 0.234 e. The summed E-state index contributed by atoms with van der Waals surface area (Å²) in [6.07, 6.45) is 2.19. The topological polar surface area (TPSA) is 85.0 Å². The third-order valence-corrected chi connectivity index (χ3v) is 5.55. The van der Waals surface area contributed by atoms with Crippen molar-refractivity contribution in [2.24, 2.45) is 7.05 Å². The molecule has 2 N–H and O–H groups in total. The number of fused-ring (bicyclic) bond motifs is 3. The molecular weight excluding hydrogens is 402 g/mol. The number of carbonyl (C=O) groups excluding carboxylic acids is 1. The number of benzene rings is 2. The van der Waals surface area contributed by atoms with Crippen molar-refractivity contribution in [3.8, 4) is 0 Å². The molecule has 0 spiro atoms. The van der Waals surface area contributed by atoms with E-state index in [1.54, 1.807) is 11.7 Å². The van der Waals surface area contributed by atoms with Gasteiger partial charge in [-0.15, -0.1) is 12.4 Å². The van der Waals surface area contributed by atoms with Crippen LogP contribution < -0.4 is 10.6 Å². The highest BCUT2D eigenvalue weighted by molar-refractivity contribution is 6.06. The zero-order valence-corrected chi connectivity index (χ0v) is 17.5. The summed E-state index contributed by atoms with van der Waals surface area (Å²) < 4.78 is 7.54. The molecule has 1 fully saturated rings. The Bertz CT molecular complexity index is 1190. The van der Waals surface area contributed by atoms with Crippen LogP contribution in [0.1, 0.15) is 30.3 Å². The number of nitrogens with zero attached hydrogens (tertiary/aromatic N) is 3. The number of hydrogen-bond acceptors (Lipinski definition) is 5. The molecule has 0 saturated carbocycles. The molecule has 30 heavy (non-hydrogen) atoms. The molecular formula is C22H24ClN5O2. The molecule has 1 aliphatic rings. The number of aromatic nitrogens is 3. The SMILES string of the molecule is Cl.Cn1nc(C2CCNCC2)nc1NC(=O)Cc1cc2c(ccc3ccccc32)o1. The number of aryl methyl sites for hydroxylation is 1. The van der Waals surface area contributed by atoms with Gasteiger partial charge in [0.2, 0.25) is 11.9 Å². The van der Waals surface area contributed by atoms with E-state index in [1.807, 2.05) is 30.3 Å². The van der Waals surface area contributed by atoms with Crippen LogP contribution in [0, 0.1) is 0 Å². The second-order valence-electron chi connectivity index (χ2n) is 7.58. The number of halogens is 1. The lowest BCUT2D eigenvalue weighted by Crippen LogP contribution is -2.27. The molecule has 1 amide bonds. The Labute approximate surface area is 180 Å². The van der Waals surface area contributed by atoms with Crippen LogP contribution in [0.4, 0.5) is 5.95 Å². The molecule has 1 saturated heterocycles. The minimum Gasteiger partial charge on any atom is -0.461 e. The van der Waals surface area contributed by atoms with E-state index < -0.39 is 0 Å². The highest BCUT2D eigenvalue weighted by Gasteiger charge is 2.21. The first kappa shape index (κ1) is 20.4. The Morgan fingerprint density at radius 2 is 2.00 bits per heavy atom. The summed E-state index contributed by atoms with van der Waals surface area (Å²) in [5, 5.41) is 14.0. The lowest BCUT2D eigenvalue weighted by atomic mass is 9.98. The Hall–Kier alpha value is -2.90. The fraction of sp³-hybridized carbons (Fsp3) is 0.318. The van der Waals surface area contributed by atoms with Crippen LogP contribution in [0.15, 0.2) is 46.9 Å². The molecule has 156 valence electrons. The van der Waals surface area contributed by atoms with Crippen molar-refractivity contribution < 1.29 is 9.21 Å². The van der Waals surface area contributed by atoms with Gasteiger partial charge in [0.15, 0.2) is 5.82 Å². The Balaban J connectivity index is 0.00000218. The quantitative estimate of drug-likeness (QED) is 0.519. The van der Waals surface area contributed by atoms with E-state index in [-0.39, 0.29) is 24.7 Å². The predicted octanol–water partition coefficient (Wildman–Crippen LogP) is 3.78. The first-order chi connectivity index (χ1) is 14.2. The number of nitrogens with one attached hydrogen (secondary N) is 2. The highest BCUT2D eigenvalue weighted by Crippen LogP contribution is 2.28. The Kier molecular flexibility index (Phi) is 5.74. The average Bonchev–Trinajstić information content (AvgIpc) is 3.32. The maximum atomic E-state index is 12.6. The third-order valence-electron chi connectivity index (χ3n) is 5.55. The molecule has 0 radical (unpaired) electrons. The van der Waals surface area contributed by atoms with E-state index in [0.29, 0.717) is 17.6 Å². The lowest BCUT2D eigenvalue weighted by molar-refractivity contribution is -0.115. The number of rotatable bonds is 4. The number of hydrogen-bond donors (Lipinski definition) is 2. The van der Waals surface area contributed by atoms with Gasteiger partial charge < -0.3 is 9.73 Å². The van der Waals surface area contributed by atoms with Crippen molar-refractivity contribution in [1.82, 2.24) is 20.1 Å². The zero-order valence-electron chi connectivity index (χ0n) is 16.7. The lowest BCUT2D eigenvalue weighted by Gasteiger charge is -2.19. The van der Waals surface area contributed by atoms with Gasteiger partial charge in [0, 0.05) is 18.4 Å². The van der Waals surface area contributed by atoms with Gasteiger partial charge in [-0.3, -0.25) is 10.1 Å². The number of amides is 1. The molecule has 8 heteroatoms. The second kappa shape index (κ2) is 8.45. The van der Waals surface area contributed by atoms with Crippen molar-refractivity contribution in [2.75, 3.05) is 18.4 Å². The van der Waals surface area contributed by atoms with Gasteiger partial charge in [0.1, 0.15) is 11.3 Å². The fourth-order valence-corrected chi connectivity index (χ4v) is 4.03. The summed E-state index contributed by atoms with van der Waals surface area (Å²) in [7, 11) is 1.81. The summed E-state index contributed by atoms with van der Waals surface area (Å²) >= 11 is 0. The molecule has 5 rings (SSSR count). The first-order valence-electron chi connectivity index (χ1n) is 9.99. The number of anilines is 1. The van der Waals surface area contributed by atoms with Gasteiger partial charge in [-0.25, -0.2) is 4.68 Å². The summed E-state index contributed by atoms with van der Waals surface area (Å²) in [6, 6.07) is 14.1. The van der Waals surface area contributed by atoms with Crippen LogP contribution in [-0.4, -0.2) is 33.8 Å². The molecule has 0 aliphatic carbocycles. The Morgan fingerprint density at radius 3 is 2.83 bits per heavy atom. The molecule has 7 nitrogen and oxygen atoms in total. The van der Waals surface area contributed by atoms with Gasteiger partial charge in [-0.05, 0) is 48.8 Å². The molecule has 2 aromatic heterocycles. The minimum absolute atomic E-state index is 0. The number of carbonyl (C=O) groups is 1. The summed E-state index contributed by atoms with van der Waals surface area (Å²) in [4.78, 5) is 17.2. The molecule has 2 aromatic carbocycles. The summed E-state index contributed by atoms with van der Waals surface area (Å²) in [5.41, 5.74) is 0.790. The monoisotopic (exact) mass is 425 g/mol. The van der Waals surface area contributed by atoms with Crippen molar-refractivity contribution in [3.05, 3.63) is 54.0 Å². The van der Waals surface area contributed by atoms with Crippen molar-refractivity contribution in [1.29, 1.82) is 0 Å². The molecule has 1 aliphatic heterocycles. The van der Waals surface area contributed by atoms with Crippen molar-refractivity contribution >= 4 is 46.0 Å². The minimum atomic E-state index is -0.166. The van der Waals surface area contributed by atoms with E-state index >= 15 is 0 Å². The van der Waals surface area contributed by atoms with Crippen LogP contribution in [0.3, 0.4) is 0 Å². The average molecular weight is 426 g/mol. The van der Waals surface area contributed by atoms with Gasteiger partial charge in [0.05, 0.1) is 6.42 Å². The molecule has 0 unspecified atom stereocenters. The van der Waals surface area contributed by atoms with Gasteiger partial charge in [-0.2, -0.15) is 10.1 Å². The molecule has 0 bridgehead atoms. The van der Waals surface area contributed by atoms with E-state index in [4.69, 9.17) is 4.42 Å². The fourth-order valence-electron chi connectivity index (χ4n) is 4.03. The van der Waals surface area contributed by atoms with E-state index in [2.05, 4.69) is 32.8 Å². The zero-order chi connectivity index (χ0) is 19.8. The summed E-state index contributed by atoms with van der Waals surface area (Å²) in [6.45, 7) is 1.96. The molecule has 3 heterocycles. The second-order valence-corrected chi connectivity index (χ2v) is 7.58. The molecule has 0 atom stereocenters. The van der Waals surface area contributed by atoms with Crippen molar-refractivity contribution in [3.63, 3.8) is 0 Å². The van der Waals surface area contributed by atoms with Gasteiger partial charge in [-0.1, -0.05) is 30.3 Å². The van der Waals surface area contributed by atoms with Crippen LogP contribution in [0.5, 0.6) is 0 Å². The largest absolute Gasteiger partial charge is 0.461 e. The first-order valence-corrected chi connectivity index (χ1v) is 9.99. The van der Waals surface area contributed by atoms with Crippen molar-refractivity contribution in [2.45, 2.75) is 25.2 Å². The maximum absolute atomic E-state index is 12.6. The van der Waals surface area contributed by atoms with E-state index in [1.165, 1.54) is 0 Å². The van der Waals surface area contributed by atoms with Crippen LogP contribution >= 0.6 is 12.4 Å². The molecule has 4 aromatic rings. The van der Waals surface area contributed by atoms with E-state index in [0.717, 1.165) is 53.5 Å². The number of furan rings is 1. The van der Waals surface area contributed by atoms with Gasteiger partial charge >= 0.3 is 0 Å². The van der Waals surface area contributed by atoms with Crippen LogP contribution in [0.25, 0.3) is 21.7 Å². The number of piperidine rings is 1. The normalized spacial score (nSPS) is 14.7. The van der Waals surface area contributed by atoms with E-state index in [9.17, 15) is 4.79 Å². The Morgan fingerprint density at radius 1 is 1.20 bits per heavy atom. The summed E-state index contributed by atoms with van der Waals surface area (Å²) in [5.74, 6) is 2.09. The predicted molar refractivity (Wildman–Crippen MR) is 119 cm³/mol. The highest BCUT2D eigenvalue weighted by atomic mass is 35.5.